The quantitative estimate of drug-likeness (QED) is 0.179. The fourth-order valence-electron chi connectivity index (χ4n) is 10.5. The molecule has 8 bridgehead atoms. The number of aromatic nitrogens is 4. The molecule has 3 aromatic heterocycles. The topological polar surface area (TPSA) is 46.5 Å². The van der Waals surface area contributed by atoms with Crippen LogP contribution in [-0.4, -0.2) is 19.5 Å². The number of aromatic amines is 1. The van der Waals surface area contributed by atoms with Crippen molar-refractivity contribution in [3.05, 3.63) is 168 Å². The molecule has 0 saturated carbocycles. The number of fused-ring (bicyclic) bond motifs is 8. The van der Waals surface area contributed by atoms with Crippen molar-refractivity contribution in [2.45, 2.75) is 83.1 Å². The van der Waals surface area contributed by atoms with E-state index in [0.29, 0.717) is 0 Å². The van der Waals surface area contributed by atoms with Crippen molar-refractivity contribution < 1.29 is 19.5 Å². The molecule has 5 heterocycles. The molecule has 0 aliphatic carbocycles. The second-order valence-electron chi connectivity index (χ2n) is 17.6. The van der Waals surface area contributed by atoms with Gasteiger partial charge >= 0.3 is 0 Å². The Kier molecular flexibility index (Phi) is 10.9. The van der Waals surface area contributed by atoms with Crippen LogP contribution >= 0.6 is 0 Å². The van der Waals surface area contributed by atoms with E-state index in [-0.39, 0.29) is 19.5 Å². The smallest absolute Gasteiger partial charge is 0.0737 e. The van der Waals surface area contributed by atoms with Crippen molar-refractivity contribution in [2.75, 3.05) is 0 Å². The summed E-state index contributed by atoms with van der Waals surface area (Å²) in [5, 5.41) is 0. The minimum Gasteiger partial charge on any atom is -0.355 e. The molecule has 0 atom stereocenters. The second-order valence-corrected chi connectivity index (χ2v) is 17.6. The summed E-state index contributed by atoms with van der Waals surface area (Å²) in [5.41, 5.74) is 31.2. The number of nitrogens with zero attached hydrogens (tertiary/aromatic N) is 3. The van der Waals surface area contributed by atoms with Crippen molar-refractivity contribution in [3.63, 3.8) is 0 Å². The van der Waals surface area contributed by atoms with Crippen LogP contribution in [0.2, 0.25) is 0 Å². The van der Waals surface area contributed by atoms with Gasteiger partial charge in [0.1, 0.15) is 0 Å². The molecule has 4 nitrogen and oxygen atoms in total. The normalized spacial score (nSPS) is 12.0. The first-order chi connectivity index (χ1) is 28.6. The Morgan fingerprint density at radius 2 is 0.754 bits per heavy atom. The zero-order valence-electron chi connectivity index (χ0n) is 37.9. The fraction of sp³-hybridized carbons (Fsp3) is 0.214. The van der Waals surface area contributed by atoms with Gasteiger partial charge in [-0.05, 0) is 199 Å². The number of aryl methyl sites for hydroxylation is 12. The van der Waals surface area contributed by atoms with Crippen LogP contribution in [0.25, 0.3) is 85.4 Å². The van der Waals surface area contributed by atoms with Crippen molar-refractivity contribution >= 4 is 46.4 Å². The van der Waals surface area contributed by atoms with Crippen LogP contribution in [0.5, 0.6) is 0 Å². The van der Waals surface area contributed by atoms with Crippen LogP contribution in [0.1, 0.15) is 89.5 Å². The molecule has 1 N–H and O–H groups in total. The average molecular weight is 848 g/mol. The van der Waals surface area contributed by atoms with E-state index >= 15 is 0 Å². The van der Waals surface area contributed by atoms with Gasteiger partial charge in [-0.1, -0.05) is 70.8 Å². The molecule has 4 aromatic carbocycles. The van der Waals surface area contributed by atoms with E-state index in [1.165, 1.54) is 100 Å². The summed E-state index contributed by atoms with van der Waals surface area (Å²) in [5.74, 6) is 0. The first-order valence-corrected chi connectivity index (χ1v) is 21.1. The summed E-state index contributed by atoms with van der Waals surface area (Å²) >= 11 is 0. The minimum absolute atomic E-state index is 0. The van der Waals surface area contributed by atoms with E-state index in [0.717, 1.165) is 50.4 Å². The molecule has 61 heavy (non-hydrogen) atoms. The molecule has 0 saturated heterocycles. The molecule has 0 spiro atoms. The molecule has 0 unspecified atom stereocenters. The third-order valence-electron chi connectivity index (χ3n) is 12.3. The summed E-state index contributed by atoms with van der Waals surface area (Å²) in [6, 6.07) is 29.6. The fourth-order valence-corrected chi connectivity index (χ4v) is 10.5. The number of nitrogens with one attached hydrogen (secondary N) is 1. The Balaban J connectivity index is 0.00000514. The van der Waals surface area contributed by atoms with Crippen LogP contribution in [0.3, 0.4) is 0 Å². The number of hydrogen-bond acceptors (Lipinski definition) is 2. The van der Waals surface area contributed by atoms with Crippen LogP contribution in [0.4, 0.5) is 0 Å². The Hall–Kier alpha value is -5.90. The number of rotatable bonds is 4. The minimum atomic E-state index is 0. The van der Waals surface area contributed by atoms with Crippen LogP contribution in [0.15, 0.2) is 78.9 Å². The first-order valence-electron chi connectivity index (χ1n) is 21.1. The van der Waals surface area contributed by atoms with Crippen LogP contribution < -0.4 is 0 Å². The monoisotopic (exact) mass is 846 g/mol. The molecule has 0 fully saturated rings. The number of hydrogen-bond donors (Lipinski definition) is 1. The molecule has 5 heteroatoms. The van der Waals surface area contributed by atoms with Crippen LogP contribution in [0, 0.1) is 83.1 Å². The van der Waals surface area contributed by atoms with Gasteiger partial charge in [-0.3, -0.25) is 0 Å². The summed E-state index contributed by atoms with van der Waals surface area (Å²) in [6.07, 6.45) is 8.69. The van der Waals surface area contributed by atoms with Crippen molar-refractivity contribution in [1.29, 1.82) is 0 Å². The molecule has 2 aliphatic heterocycles. The van der Waals surface area contributed by atoms with E-state index in [4.69, 9.17) is 9.97 Å². The van der Waals surface area contributed by atoms with Gasteiger partial charge in [-0.25, -0.2) is 9.97 Å². The third kappa shape index (κ3) is 7.38. The molecule has 2 aliphatic rings. The Labute approximate surface area is 374 Å². The first kappa shape index (κ1) is 41.8. The van der Waals surface area contributed by atoms with Gasteiger partial charge in [0.05, 0.1) is 39.5 Å². The summed E-state index contributed by atoms with van der Waals surface area (Å²) < 4.78 is 2.60. The molecular formula is C56H54N4Zn. The molecule has 9 rings (SSSR count). The van der Waals surface area contributed by atoms with Gasteiger partial charge in [0, 0.05) is 47.2 Å². The van der Waals surface area contributed by atoms with Crippen molar-refractivity contribution in [1.82, 2.24) is 19.5 Å². The third-order valence-corrected chi connectivity index (χ3v) is 12.3. The second kappa shape index (κ2) is 15.9. The SMILES string of the molecule is Cc1cc(C)c(-c2c(-c3c(C)cc(C)cc3C)c3c(-c4c(C)cc(C)cc4C)c4nc(cc5ccc(cc6nc(cc2n3-c2c(C)cc(C)cc2C)C=C6)[nH]5)C=C4)c(C)c1.[Zn]. The van der Waals surface area contributed by atoms with Gasteiger partial charge in [0.25, 0.3) is 0 Å². The van der Waals surface area contributed by atoms with E-state index in [9.17, 15) is 0 Å². The van der Waals surface area contributed by atoms with Gasteiger partial charge in [0.2, 0.25) is 0 Å². The zero-order valence-corrected chi connectivity index (χ0v) is 40.8. The Bertz CT molecular complexity index is 3130. The van der Waals surface area contributed by atoms with Crippen molar-refractivity contribution in [2.24, 2.45) is 0 Å². The van der Waals surface area contributed by atoms with E-state index in [1.54, 1.807) is 0 Å². The number of benzene rings is 4. The largest absolute Gasteiger partial charge is 0.355 e. The maximum Gasteiger partial charge on any atom is 0.0737 e. The zero-order chi connectivity index (χ0) is 42.3. The van der Waals surface area contributed by atoms with E-state index in [2.05, 4.69) is 196 Å². The van der Waals surface area contributed by atoms with Gasteiger partial charge in [0.15, 0.2) is 0 Å². The maximum absolute atomic E-state index is 5.56. The molecule has 0 amide bonds. The van der Waals surface area contributed by atoms with E-state index in [1.807, 2.05) is 0 Å². The van der Waals surface area contributed by atoms with Gasteiger partial charge in [-0.15, -0.1) is 0 Å². The Morgan fingerprint density at radius 3 is 1.23 bits per heavy atom. The maximum atomic E-state index is 5.56. The number of H-pyrrole nitrogens is 1. The van der Waals surface area contributed by atoms with E-state index < -0.39 is 0 Å². The molecular weight excluding hydrogens is 794 g/mol. The van der Waals surface area contributed by atoms with Crippen molar-refractivity contribution in [3.8, 4) is 39.1 Å². The molecule has 300 valence electrons. The van der Waals surface area contributed by atoms with Gasteiger partial charge < -0.3 is 9.55 Å². The predicted molar refractivity (Wildman–Crippen MR) is 257 cm³/mol. The van der Waals surface area contributed by atoms with Gasteiger partial charge in [-0.2, -0.15) is 0 Å². The molecule has 0 radical (unpaired) electrons. The predicted octanol–water partition coefficient (Wildman–Crippen LogP) is 14.8. The summed E-state index contributed by atoms with van der Waals surface area (Å²) in [7, 11) is 0. The summed E-state index contributed by atoms with van der Waals surface area (Å²) in [4.78, 5) is 14.4. The van der Waals surface area contributed by atoms with Crippen LogP contribution in [-0.2, 0) is 19.5 Å². The molecule has 7 aromatic rings. The average Bonchev–Trinajstić information content (AvgIpc) is 3.95. The Morgan fingerprint density at radius 1 is 0.377 bits per heavy atom. The standard InChI is InChI=1S/C56H54N4.Zn/c1-30-19-34(5)49(35(6)20-30)52-47-18-17-45(59-47)28-44-14-13-42(57-44)27-43-15-16-46(58-43)29-48-53(50-36(7)21-31(2)22-37(50)8)54(51-38(9)23-32(3)24-39(51)10)56(52)60(48)55-40(11)25-33(4)26-41(55)12;/h13-29,57H,1-12H3;. The summed E-state index contributed by atoms with van der Waals surface area (Å²) in [6.45, 7) is 27.0.